The van der Waals surface area contributed by atoms with Crippen molar-refractivity contribution in [2.24, 2.45) is 0 Å². The highest BCUT2D eigenvalue weighted by Gasteiger charge is 2.16. The highest BCUT2D eigenvalue weighted by Crippen LogP contribution is 2.34. The van der Waals surface area contributed by atoms with E-state index in [9.17, 15) is 5.11 Å². The van der Waals surface area contributed by atoms with Gasteiger partial charge < -0.3 is 10.4 Å². The summed E-state index contributed by atoms with van der Waals surface area (Å²) < 4.78 is 0. The van der Waals surface area contributed by atoms with Crippen LogP contribution < -0.4 is 5.32 Å². The molecular formula is C14H21N3OS2. The van der Waals surface area contributed by atoms with Crippen molar-refractivity contribution in [1.29, 1.82) is 0 Å². The lowest BCUT2D eigenvalue weighted by Gasteiger charge is -2.14. The van der Waals surface area contributed by atoms with E-state index in [0.717, 1.165) is 28.2 Å². The van der Waals surface area contributed by atoms with Crippen LogP contribution in [0.15, 0.2) is 11.1 Å². The highest BCUT2D eigenvalue weighted by molar-refractivity contribution is 8.00. The molecule has 0 aliphatic carbocycles. The number of aliphatic hydroxyl groups excluding tert-OH is 1. The molecule has 6 heteroatoms. The number of hydrogen-bond donors (Lipinski definition) is 2. The van der Waals surface area contributed by atoms with Gasteiger partial charge in [-0.3, -0.25) is 0 Å². The fourth-order valence-corrected chi connectivity index (χ4v) is 3.61. The normalized spacial score (nSPS) is 14.4. The second-order valence-corrected chi connectivity index (χ2v) is 7.52. The van der Waals surface area contributed by atoms with Gasteiger partial charge in [0, 0.05) is 22.1 Å². The minimum Gasteiger partial charge on any atom is -0.392 e. The summed E-state index contributed by atoms with van der Waals surface area (Å²) in [5, 5.41) is 15.1. The molecule has 0 amide bonds. The van der Waals surface area contributed by atoms with E-state index in [1.807, 2.05) is 13.8 Å². The summed E-state index contributed by atoms with van der Waals surface area (Å²) in [5.41, 5.74) is 0. The number of thiophene rings is 1. The van der Waals surface area contributed by atoms with Crippen LogP contribution in [0.1, 0.15) is 32.1 Å². The van der Waals surface area contributed by atoms with Gasteiger partial charge in [-0.05, 0) is 26.3 Å². The number of hydrogen-bond acceptors (Lipinski definition) is 6. The molecule has 20 heavy (non-hydrogen) atoms. The van der Waals surface area contributed by atoms with Crippen molar-refractivity contribution >= 4 is 39.3 Å². The van der Waals surface area contributed by atoms with Crippen molar-refractivity contribution in [2.45, 2.75) is 50.5 Å². The average Bonchev–Trinajstić information content (AvgIpc) is 2.76. The van der Waals surface area contributed by atoms with Crippen molar-refractivity contribution in [3.8, 4) is 0 Å². The molecule has 2 N–H and O–H groups in total. The molecule has 2 unspecified atom stereocenters. The van der Waals surface area contributed by atoms with E-state index in [1.54, 1.807) is 23.1 Å². The molecule has 2 heterocycles. The summed E-state index contributed by atoms with van der Waals surface area (Å²) >= 11 is 3.29. The Morgan fingerprint density at radius 1 is 1.40 bits per heavy atom. The zero-order valence-electron chi connectivity index (χ0n) is 12.3. The molecule has 0 saturated heterocycles. The number of aliphatic hydroxyl groups is 1. The van der Waals surface area contributed by atoms with Crippen LogP contribution in [0.3, 0.4) is 0 Å². The molecule has 4 nitrogen and oxygen atoms in total. The van der Waals surface area contributed by atoms with Crippen molar-refractivity contribution < 1.29 is 5.11 Å². The summed E-state index contributed by atoms with van der Waals surface area (Å²) in [4.78, 5) is 11.4. The summed E-state index contributed by atoms with van der Waals surface area (Å²) in [6.45, 7) is 8.89. The van der Waals surface area contributed by atoms with Crippen LogP contribution in [-0.4, -0.2) is 33.0 Å². The fourth-order valence-electron chi connectivity index (χ4n) is 1.70. The Kier molecular flexibility index (Phi) is 5.23. The van der Waals surface area contributed by atoms with Crippen LogP contribution in [0.4, 0.5) is 5.95 Å². The van der Waals surface area contributed by atoms with Gasteiger partial charge >= 0.3 is 0 Å². The average molecular weight is 311 g/mol. The first kappa shape index (κ1) is 15.5. The maximum Gasteiger partial charge on any atom is 0.225 e. The molecule has 2 rings (SSSR count). The predicted molar refractivity (Wildman–Crippen MR) is 87.9 cm³/mol. The number of aromatic nitrogens is 2. The van der Waals surface area contributed by atoms with Gasteiger partial charge in [-0.15, -0.1) is 11.3 Å². The predicted octanol–water partition coefficient (Wildman–Crippen LogP) is 3.68. The third-order valence-corrected chi connectivity index (χ3v) is 5.24. The summed E-state index contributed by atoms with van der Waals surface area (Å²) in [6.07, 6.45) is 0.675. The maximum atomic E-state index is 9.69. The topological polar surface area (TPSA) is 58.0 Å². The molecule has 2 aromatic rings. The second kappa shape index (κ2) is 6.74. The zero-order chi connectivity index (χ0) is 14.7. The SMILES string of the molecule is CCCNc1nc(SC(C)C(C)O)c2cc(C)sc2n1. The number of nitrogens with one attached hydrogen (secondary N) is 1. The van der Waals surface area contributed by atoms with Crippen LogP contribution >= 0.6 is 23.1 Å². The molecule has 2 aromatic heterocycles. The lowest BCUT2D eigenvalue weighted by molar-refractivity contribution is 0.196. The first-order chi connectivity index (χ1) is 9.51. The molecule has 0 fully saturated rings. The molecule has 0 aliphatic rings. The molecule has 2 atom stereocenters. The smallest absolute Gasteiger partial charge is 0.225 e. The van der Waals surface area contributed by atoms with Gasteiger partial charge in [-0.25, -0.2) is 9.97 Å². The van der Waals surface area contributed by atoms with Gasteiger partial charge in [0.15, 0.2) is 0 Å². The molecule has 0 radical (unpaired) electrons. The third kappa shape index (κ3) is 3.62. The minimum atomic E-state index is -0.364. The van der Waals surface area contributed by atoms with Crippen LogP contribution in [0.25, 0.3) is 10.2 Å². The Balaban J connectivity index is 2.38. The molecule has 0 saturated carbocycles. The van der Waals surface area contributed by atoms with E-state index in [2.05, 4.69) is 35.2 Å². The summed E-state index contributed by atoms with van der Waals surface area (Å²) in [7, 11) is 0. The molecule has 0 aliphatic heterocycles. The summed E-state index contributed by atoms with van der Waals surface area (Å²) in [5.74, 6) is 0.682. The van der Waals surface area contributed by atoms with E-state index in [4.69, 9.17) is 0 Å². The van der Waals surface area contributed by atoms with Crippen molar-refractivity contribution in [1.82, 2.24) is 9.97 Å². The lowest BCUT2D eigenvalue weighted by Crippen LogP contribution is -2.15. The monoisotopic (exact) mass is 311 g/mol. The first-order valence-corrected chi connectivity index (χ1v) is 8.57. The third-order valence-electron chi connectivity index (χ3n) is 2.99. The number of anilines is 1. The van der Waals surface area contributed by atoms with Gasteiger partial charge in [-0.1, -0.05) is 25.6 Å². The number of fused-ring (bicyclic) bond motifs is 1. The van der Waals surface area contributed by atoms with E-state index in [-0.39, 0.29) is 11.4 Å². The molecule has 0 bridgehead atoms. The number of aryl methyl sites for hydroxylation is 1. The lowest BCUT2D eigenvalue weighted by atomic mass is 10.3. The number of nitrogens with zero attached hydrogens (tertiary/aromatic N) is 2. The Morgan fingerprint density at radius 2 is 2.15 bits per heavy atom. The largest absolute Gasteiger partial charge is 0.392 e. The van der Waals surface area contributed by atoms with Crippen LogP contribution in [0.5, 0.6) is 0 Å². The van der Waals surface area contributed by atoms with E-state index >= 15 is 0 Å². The van der Waals surface area contributed by atoms with E-state index in [1.165, 1.54) is 4.88 Å². The molecule has 110 valence electrons. The quantitative estimate of drug-likeness (QED) is 0.629. The van der Waals surface area contributed by atoms with Gasteiger partial charge in [0.1, 0.15) is 9.86 Å². The second-order valence-electron chi connectivity index (χ2n) is 4.92. The molecule has 0 aromatic carbocycles. The van der Waals surface area contributed by atoms with Crippen LogP contribution in [0.2, 0.25) is 0 Å². The van der Waals surface area contributed by atoms with Crippen molar-refractivity contribution in [3.63, 3.8) is 0 Å². The Hall–Kier alpha value is -0.850. The summed E-state index contributed by atoms with van der Waals surface area (Å²) in [6, 6.07) is 2.13. The van der Waals surface area contributed by atoms with E-state index < -0.39 is 0 Å². The minimum absolute atomic E-state index is 0.104. The van der Waals surface area contributed by atoms with Gasteiger partial charge in [0.05, 0.1) is 6.10 Å². The first-order valence-electron chi connectivity index (χ1n) is 6.88. The van der Waals surface area contributed by atoms with Gasteiger partial charge in [0.2, 0.25) is 5.95 Å². The zero-order valence-corrected chi connectivity index (χ0v) is 13.9. The van der Waals surface area contributed by atoms with E-state index in [0.29, 0.717) is 5.95 Å². The Morgan fingerprint density at radius 3 is 2.80 bits per heavy atom. The van der Waals surface area contributed by atoms with Gasteiger partial charge in [-0.2, -0.15) is 0 Å². The molecular weight excluding hydrogens is 290 g/mol. The fraction of sp³-hybridized carbons (Fsp3) is 0.571. The Labute approximate surface area is 128 Å². The number of rotatable bonds is 6. The highest BCUT2D eigenvalue weighted by atomic mass is 32.2. The molecule has 0 spiro atoms. The van der Waals surface area contributed by atoms with Crippen molar-refractivity contribution in [3.05, 3.63) is 10.9 Å². The van der Waals surface area contributed by atoms with Crippen LogP contribution in [0, 0.1) is 6.92 Å². The number of thioether (sulfide) groups is 1. The van der Waals surface area contributed by atoms with Crippen molar-refractivity contribution in [2.75, 3.05) is 11.9 Å². The Bertz CT molecular complexity index is 583. The standard InChI is InChI=1S/C14H21N3OS2/c1-5-6-15-14-16-12-11(7-8(2)19-12)13(17-14)20-10(4)9(3)18/h7,9-10,18H,5-6H2,1-4H3,(H,15,16,17). The van der Waals surface area contributed by atoms with Crippen LogP contribution in [-0.2, 0) is 0 Å². The van der Waals surface area contributed by atoms with Gasteiger partial charge in [0.25, 0.3) is 0 Å². The maximum absolute atomic E-state index is 9.69.